The van der Waals surface area contributed by atoms with Gasteiger partial charge < -0.3 is 4.74 Å². The highest BCUT2D eigenvalue weighted by Crippen LogP contribution is 2.47. The second kappa shape index (κ2) is 4.62. The minimum Gasteiger partial charge on any atom is -0.442 e. The number of carbonyl (C=O) groups excluding carboxylic acids is 1. The Bertz CT molecular complexity index is 679. The maximum Gasteiger partial charge on any atom is 0.490 e. The summed E-state index contributed by atoms with van der Waals surface area (Å²) < 4.78 is 42.6. The largest absolute Gasteiger partial charge is 0.490 e. The van der Waals surface area contributed by atoms with Crippen molar-refractivity contribution in [2.24, 2.45) is 0 Å². The fraction of sp³-hybridized carbons (Fsp3) is 0.188. The Morgan fingerprint density at radius 2 is 1.62 bits per heavy atom. The van der Waals surface area contributed by atoms with Crippen LogP contribution in [-0.4, -0.2) is 12.1 Å². The molecule has 2 aromatic rings. The molecule has 1 aliphatic rings. The van der Waals surface area contributed by atoms with E-state index in [0.29, 0.717) is 11.1 Å². The Balaban J connectivity index is 2.05. The molecule has 0 saturated heterocycles. The SMILES string of the molecule is O=C(OC1(c2ccccc2)Cc2ccccc21)C(F)(F)F. The first kappa shape index (κ1) is 13.7. The van der Waals surface area contributed by atoms with Gasteiger partial charge in [0, 0.05) is 17.5 Å². The van der Waals surface area contributed by atoms with Crippen LogP contribution in [0, 0.1) is 0 Å². The fourth-order valence-corrected chi connectivity index (χ4v) is 2.66. The van der Waals surface area contributed by atoms with Crippen molar-refractivity contribution in [3.8, 4) is 0 Å². The van der Waals surface area contributed by atoms with E-state index in [0.717, 1.165) is 5.56 Å². The Hall–Kier alpha value is -2.30. The lowest BCUT2D eigenvalue weighted by Crippen LogP contribution is -2.46. The number of hydrogen-bond donors (Lipinski definition) is 0. The third-order valence-electron chi connectivity index (χ3n) is 3.63. The highest BCUT2D eigenvalue weighted by Gasteiger charge is 2.52. The maximum absolute atomic E-state index is 12.6. The van der Waals surface area contributed by atoms with E-state index in [9.17, 15) is 18.0 Å². The molecule has 0 bridgehead atoms. The zero-order valence-corrected chi connectivity index (χ0v) is 10.9. The Kier molecular flexibility index (Phi) is 3.01. The molecule has 0 amide bonds. The molecule has 108 valence electrons. The molecule has 0 heterocycles. The van der Waals surface area contributed by atoms with Gasteiger partial charge in [-0.2, -0.15) is 13.2 Å². The fourth-order valence-electron chi connectivity index (χ4n) is 2.66. The lowest BCUT2D eigenvalue weighted by molar-refractivity contribution is -0.213. The Labute approximate surface area is 119 Å². The number of fused-ring (bicyclic) bond motifs is 1. The van der Waals surface area contributed by atoms with Crippen LogP contribution in [0.2, 0.25) is 0 Å². The molecule has 5 heteroatoms. The van der Waals surface area contributed by atoms with Gasteiger partial charge in [-0.05, 0) is 5.56 Å². The predicted molar refractivity (Wildman–Crippen MR) is 69.5 cm³/mol. The van der Waals surface area contributed by atoms with Gasteiger partial charge in [0.2, 0.25) is 0 Å². The molecule has 0 aliphatic heterocycles. The number of benzene rings is 2. The van der Waals surface area contributed by atoms with Gasteiger partial charge >= 0.3 is 12.1 Å². The van der Waals surface area contributed by atoms with Crippen LogP contribution in [-0.2, 0) is 21.6 Å². The number of esters is 1. The minimum atomic E-state index is -5.01. The number of alkyl halides is 3. The quantitative estimate of drug-likeness (QED) is 0.791. The zero-order valence-electron chi connectivity index (χ0n) is 10.9. The summed E-state index contributed by atoms with van der Waals surface area (Å²) in [6.45, 7) is 0. The van der Waals surface area contributed by atoms with Crippen molar-refractivity contribution >= 4 is 5.97 Å². The molecule has 0 N–H and O–H groups in total. The van der Waals surface area contributed by atoms with Gasteiger partial charge in [-0.15, -0.1) is 0 Å². The lowest BCUT2D eigenvalue weighted by Gasteiger charge is -2.43. The number of rotatable bonds is 2. The molecule has 0 aromatic heterocycles. The second-order valence-electron chi connectivity index (χ2n) is 4.91. The molecule has 0 radical (unpaired) electrons. The van der Waals surface area contributed by atoms with Gasteiger partial charge in [-0.25, -0.2) is 4.79 Å². The van der Waals surface area contributed by atoms with Gasteiger partial charge in [0.05, 0.1) is 0 Å². The normalized spacial score (nSPS) is 20.3. The van der Waals surface area contributed by atoms with E-state index >= 15 is 0 Å². The molecule has 1 aliphatic carbocycles. The third-order valence-corrected chi connectivity index (χ3v) is 3.63. The van der Waals surface area contributed by atoms with Crippen molar-refractivity contribution in [1.29, 1.82) is 0 Å². The number of ether oxygens (including phenoxy) is 1. The Morgan fingerprint density at radius 1 is 1.00 bits per heavy atom. The predicted octanol–water partition coefficient (Wildman–Crippen LogP) is 3.59. The monoisotopic (exact) mass is 292 g/mol. The van der Waals surface area contributed by atoms with Crippen molar-refractivity contribution < 1.29 is 22.7 Å². The van der Waals surface area contributed by atoms with Gasteiger partial charge in [0.1, 0.15) is 0 Å². The first-order valence-electron chi connectivity index (χ1n) is 6.37. The standard InChI is InChI=1S/C16H11F3O2/c17-16(18,19)14(20)21-15(12-7-2-1-3-8-12)10-11-6-4-5-9-13(11)15/h1-9H,10H2. The van der Waals surface area contributed by atoms with Crippen molar-refractivity contribution in [2.45, 2.75) is 18.2 Å². The van der Waals surface area contributed by atoms with Crippen LogP contribution in [0.4, 0.5) is 13.2 Å². The molecule has 0 fully saturated rings. The van der Waals surface area contributed by atoms with E-state index in [2.05, 4.69) is 0 Å². The molecule has 2 nitrogen and oxygen atoms in total. The summed E-state index contributed by atoms with van der Waals surface area (Å²) >= 11 is 0. The van der Waals surface area contributed by atoms with Crippen LogP contribution in [0.3, 0.4) is 0 Å². The van der Waals surface area contributed by atoms with Gasteiger partial charge in [0.25, 0.3) is 0 Å². The smallest absolute Gasteiger partial charge is 0.442 e. The summed E-state index contributed by atoms with van der Waals surface area (Å²) in [5, 5.41) is 0. The third kappa shape index (κ3) is 2.18. The van der Waals surface area contributed by atoms with Crippen LogP contribution < -0.4 is 0 Å². The first-order valence-corrected chi connectivity index (χ1v) is 6.37. The summed E-state index contributed by atoms with van der Waals surface area (Å²) in [6.07, 6.45) is -4.76. The molecule has 3 rings (SSSR count). The summed E-state index contributed by atoms with van der Waals surface area (Å²) in [4.78, 5) is 11.3. The van der Waals surface area contributed by atoms with Crippen LogP contribution in [0.25, 0.3) is 0 Å². The summed E-state index contributed by atoms with van der Waals surface area (Å²) in [7, 11) is 0. The van der Waals surface area contributed by atoms with Crippen molar-refractivity contribution in [2.75, 3.05) is 0 Å². The maximum atomic E-state index is 12.6. The average molecular weight is 292 g/mol. The zero-order chi connectivity index (χ0) is 15.1. The summed E-state index contributed by atoms with van der Waals surface area (Å²) in [5.74, 6) is -2.17. The van der Waals surface area contributed by atoms with Crippen molar-refractivity contribution in [3.63, 3.8) is 0 Å². The summed E-state index contributed by atoms with van der Waals surface area (Å²) in [6, 6.07) is 15.5. The number of halogens is 3. The highest BCUT2D eigenvalue weighted by molar-refractivity contribution is 5.77. The molecule has 1 unspecified atom stereocenters. The van der Waals surface area contributed by atoms with Crippen LogP contribution in [0.5, 0.6) is 0 Å². The van der Waals surface area contributed by atoms with Crippen LogP contribution in [0.1, 0.15) is 16.7 Å². The highest BCUT2D eigenvalue weighted by atomic mass is 19.4. The van der Waals surface area contributed by atoms with Gasteiger partial charge in [-0.3, -0.25) is 0 Å². The van der Waals surface area contributed by atoms with E-state index in [1.807, 2.05) is 6.07 Å². The molecule has 0 saturated carbocycles. The van der Waals surface area contributed by atoms with Gasteiger partial charge in [-0.1, -0.05) is 54.6 Å². The average Bonchev–Trinajstić information content (AvgIpc) is 2.44. The molecule has 2 aromatic carbocycles. The number of hydrogen-bond acceptors (Lipinski definition) is 2. The van der Waals surface area contributed by atoms with Crippen molar-refractivity contribution in [1.82, 2.24) is 0 Å². The van der Waals surface area contributed by atoms with E-state index in [1.54, 1.807) is 48.5 Å². The van der Waals surface area contributed by atoms with E-state index in [4.69, 9.17) is 4.74 Å². The van der Waals surface area contributed by atoms with Crippen molar-refractivity contribution in [3.05, 3.63) is 71.3 Å². The molecule has 1 atom stereocenters. The van der Waals surface area contributed by atoms with E-state index in [-0.39, 0.29) is 6.42 Å². The van der Waals surface area contributed by atoms with E-state index in [1.165, 1.54) is 0 Å². The lowest BCUT2D eigenvalue weighted by atomic mass is 9.69. The van der Waals surface area contributed by atoms with E-state index < -0.39 is 17.7 Å². The number of carbonyl (C=O) groups is 1. The first-order chi connectivity index (χ1) is 9.93. The molecule has 21 heavy (non-hydrogen) atoms. The molecular formula is C16H11F3O2. The Morgan fingerprint density at radius 3 is 2.24 bits per heavy atom. The summed E-state index contributed by atoms with van der Waals surface area (Å²) in [5.41, 5.74) is 0.691. The van der Waals surface area contributed by atoms with Crippen LogP contribution >= 0.6 is 0 Å². The molecular weight excluding hydrogens is 281 g/mol. The minimum absolute atomic E-state index is 0.245. The van der Waals surface area contributed by atoms with Crippen LogP contribution in [0.15, 0.2) is 54.6 Å². The topological polar surface area (TPSA) is 26.3 Å². The second-order valence-corrected chi connectivity index (χ2v) is 4.91. The molecule has 0 spiro atoms. The van der Waals surface area contributed by atoms with Gasteiger partial charge in [0.15, 0.2) is 5.60 Å².